The molecule has 1 aliphatic rings. The second-order valence-corrected chi connectivity index (χ2v) is 7.70. The number of carbonyl (C=O) groups excluding carboxylic acids is 1. The van der Waals surface area contributed by atoms with Crippen molar-refractivity contribution in [3.8, 4) is 17.1 Å². The van der Waals surface area contributed by atoms with E-state index in [-0.39, 0.29) is 31.4 Å². The van der Waals surface area contributed by atoms with Crippen molar-refractivity contribution in [3.63, 3.8) is 0 Å². The molecule has 1 aromatic carbocycles. The third kappa shape index (κ3) is 5.71. The maximum Gasteiger partial charge on any atom is 0.335 e. The van der Waals surface area contributed by atoms with Gasteiger partial charge in [0.05, 0.1) is 26.9 Å². The number of tetrazole rings is 1. The van der Waals surface area contributed by atoms with Gasteiger partial charge in [0.25, 0.3) is 5.91 Å². The van der Waals surface area contributed by atoms with Crippen LogP contribution < -0.4 is 10.1 Å². The van der Waals surface area contributed by atoms with E-state index < -0.39 is 18.2 Å². The molecule has 2 atom stereocenters. The highest BCUT2D eigenvalue weighted by atomic mass is 16.6. The lowest BCUT2D eigenvalue weighted by Crippen LogP contribution is -2.42. The van der Waals surface area contributed by atoms with E-state index in [2.05, 4.69) is 25.7 Å². The number of hydrogen-bond acceptors (Lipinski definition) is 9. The lowest BCUT2D eigenvalue weighted by atomic mass is 10.1. The molecule has 0 unspecified atom stereocenters. The average molecular weight is 468 g/mol. The maximum atomic E-state index is 12.7. The minimum Gasteiger partial charge on any atom is -0.497 e. The van der Waals surface area contributed by atoms with E-state index in [0.29, 0.717) is 29.4 Å². The van der Waals surface area contributed by atoms with Gasteiger partial charge in [-0.25, -0.2) is 9.78 Å². The van der Waals surface area contributed by atoms with Crippen molar-refractivity contribution in [3.05, 3.63) is 53.3 Å². The quantitative estimate of drug-likeness (QED) is 0.487. The molecule has 34 heavy (non-hydrogen) atoms. The van der Waals surface area contributed by atoms with Gasteiger partial charge in [0.2, 0.25) is 5.82 Å². The first-order valence-corrected chi connectivity index (χ1v) is 10.6. The number of carboxylic acids is 1. The van der Waals surface area contributed by atoms with Crippen molar-refractivity contribution >= 4 is 11.9 Å². The highest BCUT2D eigenvalue weighted by molar-refractivity contribution is 5.93. The first kappa shape index (κ1) is 23.3. The summed E-state index contributed by atoms with van der Waals surface area (Å²) >= 11 is 0. The van der Waals surface area contributed by atoms with Crippen LogP contribution in [0.1, 0.15) is 21.7 Å². The number of nitrogens with one attached hydrogen (secondary N) is 1. The van der Waals surface area contributed by atoms with Crippen LogP contribution in [0.25, 0.3) is 11.4 Å². The van der Waals surface area contributed by atoms with Crippen LogP contribution in [-0.4, -0.2) is 74.7 Å². The first-order chi connectivity index (χ1) is 16.4. The molecule has 0 spiro atoms. The van der Waals surface area contributed by atoms with Crippen LogP contribution in [0.2, 0.25) is 0 Å². The Balaban J connectivity index is 1.40. The molecule has 12 nitrogen and oxygen atoms in total. The molecular weight excluding hydrogens is 444 g/mol. The van der Waals surface area contributed by atoms with Crippen LogP contribution in [0.4, 0.5) is 0 Å². The fourth-order valence-electron chi connectivity index (χ4n) is 3.38. The molecule has 1 amide bonds. The van der Waals surface area contributed by atoms with Crippen LogP contribution in [0.15, 0.2) is 36.4 Å². The van der Waals surface area contributed by atoms with Crippen LogP contribution in [0.5, 0.6) is 5.75 Å². The van der Waals surface area contributed by atoms with Crippen molar-refractivity contribution < 1.29 is 28.9 Å². The summed E-state index contributed by atoms with van der Waals surface area (Å²) in [7, 11) is 1.59. The summed E-state index contributed by atoms with van der Waals surface area (Å²) in [4.78, 5) is 29.3. The predicted molar refractivity (Wildman–Crippen MR) is 117 cm³/mol. The van der Waals surface area contributed by atoms with Crippen molar-refractivity contribution in [2.24, 2.45) is 0 Å². The summed E-state index contributed by atoms with van der Waals surface area (Å²) in [5.41, 5.74) is 2.35. The van der Waals surface area contributed by atoms with Crippen molar-refractivity contribution in [2.45, 2.75) is 32.2 Å². The smallest absolute Gasteiger partial charge is 0.335 e. The summed E-state index contributed by atoms with van der Waals surface area (Å²) in [6.07, 6.45) is -1.36. The SMILES string of the molecule is COc1cccc(CNC(=O)c2cc(-c3nnn(C[C@H]4CO[C@H](C(=O)O)CO4)n3)cc(C)n2)c1. The van der Waals surface area contributed by atoms with E-state index in [1.54, 1.807) is 26.2 Å². The lowest BCUT2D eigenvalue weighted by molar-refractivity contribution is -0.177. The topological polar surface area (TPSA) is 151 Å². The Morgan fingerprint density at radius 3 is 2.82 bits per heavy atom. The standard InChI is InChI=1S/C22H24N6O6/c1-13-6-15(8-18(24-13)21(29)23-9-14-4-3-5-16(7-14)32-2)20-25-27-28(26-20)10-17-11-34-19(12-33-17)22(30)31/h3-8,17,19H,9-12H2,1-2H3,(H,23,29)(H,30,31)/t17-,19-/m0/s1. The number of hydrogen-bond donors (Lipinski definition) is 2. The van der Waals surface area contributed by atoms with E-state index in [1.807, 2.05) is 24.3 Å². The normalized spacial score (nSPS) is 17.8. The molecule has 0 aliphatic carbocycles. The fraction of sp³-hybridized carbons (Fsp3) is 0.364. The molecule has 2 N–H and O–H groups in total. The molecule has 1 aliphatic heterocycles. The second kappa shape index (κ2) is 10.4. The van der Waals surface area contributed by atoms with E-state index >= 15 is 0 Å². The highest BCUT2D eigenvalue weighted by Gasteiger charge is 2.28. The van der Waals surface area contributed by atoms with Gasteiger partial charge in [-0.15, -0.1) is 10.2 Å². The van der Waals surface area contributed by atoms with Crippen LogP contribution in [-0.2, 0) is 27.4 Å². The minimum atomic E-state index is -1.06. The van der Waals surface area contributed by atoms with E-state index in [1.165, 1.54) is 4.80 Å². The van der Waals surface area contributed by atoms with Crippen LogP contribution >= 0.6 is 0 Å². The molecule has 2 aromatic heterocycles. The molecular formula is C22H24N6O6. The van der Waals surface area contributed by atoms with E-state index in [4.69, 9.17) is 19.3 Å². The highest BCUT2D eigenvalue weighted by Crippen LogP contribution is 2.17. The Labute approximate surface area is 194 Å². The summed E-state index contributed by atoms with van der Waals surface area (Å²) in [5, 5.41) is 24.3. The number of rotatable bonds is 8. The number of benzene rings is 1. The van der Waals surface area contributed by atoms with Crippen LogP contribution in [0, 0.1) is 6.92 Å². The summed E-state index contributed by atoms with van der Waals surface area (Å²) < 4.78 is 16.0. The van der Waals surface area contributed by atoms with Gasteiger partial charge < -0.3 is 24.6 Å². The molecule has 3 aromatic rings. The number of aliphatic carboxylic acids is 1. The Kier molecular flexibility index (Phi) is 7.09. The number of methoxy groups -OCH3 is 1. The van der Waals surface area contributed by atoms with Crippen LogP contribution in [0.3, 0.4) is 0 Å². The number of carbonyl (C=O) groups is 2. The van der Waals surface area contributed by atoms with Crippen molar-refractivity contribution in [2.75, 3.05) is 20.3 Å². The van der Waals surface area contributed by atoms with Gasteiger partial charge in [-0.05, 0) is 42.0 Å². The summed E-state index contributed by atoms with van der Waals surface area (Å²) in [6.45, 7) is 2.41. The second-order valence-electron chi connectivity index (χ2n) is 7.70. The number of aryl methyl sites for hydroxylation is 1. The molecule has 1 saturated heterocycles. The Morgan fingerprint density at radius 1 is 1.24 bits per heavy atom. The Bertz CT molecular complexity index is 1170. The number of amides is 1. The molecule has 12 heteroatoms. The minimum absolute atomic E-state index is 0.0423. The third-order valence-electron chi connectivity index (χ3n) is 5.09. The van der Waals surface area contributed by atoms with Gasteiger partial charge in [0.1, 0.15) is 17.5 Å². The molecule has 0 saturated carbocycles. The van der Waals surface area contributed by atoms with E-state index in [0.717, 1.165) is 5.56 Å². The van der Waals surface area contributed by atoms with Crippen molar-refractivity contribution in [1.29, 1.82) is 0 Å². The zero-order valence-corrected chi connectivity index (χ0v) is 18.7. The first-order valence-electron chi connectivity index (χ1n) is 10.6. The van der Waals surface area contributed by atoms with Crippen molar-refractivity contribution in [1.82, 2.24) is 30.5 Å². The molecule has 1 fully saturated rings. The van der Waals surface area contributed by atoms with Gasteiger partial charge in [0, 0.05) is 17.8 Å². The van der Waals surface area contributed by atoms with Gasteiger partial charge in [-0.1, -0.05) is 12.1 Å². The maximum absolute atomic E-state index is 12.7. The van der Waals surface area contributed by atoms with Gasteiger partial charge >= 0.3 is 5.97 Å². The fourth-order valence-corrected chi connectivity index (χ4v) is 3.38. The largest absolute Gasteiger partial charge is 0.497 e. The number of carboxylic acid groups (broad SMARTS) is 1. The van der Waals surface area contributed by atoms with Gasteiger partial charge in [-0.2, -0.15) is 4.80 Å². The number of nitrogens with zero attached hydrogens (tertiary/aromatic N) is 5. The zero-order valence-electron chi connectivity index (χ0n) is 18.7. The number of aromatic nitrogens is 5. The average Bonchev–Trinajstić information content (AvgIpc) is 3.31. The monoisotopic (exact) mass is 468 g/mol. The Morgan fingerprint density at radius 2 is 2.09 bits per heavy atom. The molecule has 4 rings (SSSR count). The Hall–Kier alpha value is -3.90. The molecule has 3 heterocycles. The summed E-state index contributed by atoms with van der Waals surface area (Å²) in [6, 6.07) is 10.8. The molecule has 0 bridgehead atoms. The number of pyridine rings is 1. The predicted octanol–water partition coefficient (Wildman–Crippen LogP) is 0.851. The number of ether oxygens (including phenoxy) is 3. The molecule has 178 valence electrons. The van der Waals surface area contributed by atoms with Gasteiger partial charge in [0.15, 0.2) is 6.10 Å². The van der Waals surface area contributed by atoms with Gasteiger partial charge in [-0.3, -0.25) is 4.79 Å². The third-order valence-corrected chi connectivity index (χ3v) is 5.09. The zero-order chi connectivity index (χ0) is 24.1. The van der Waals surface area contributed by atoms with E-state index in [9.17, 15) is 9.59 Å². The molecule has 0 radical (unpaired) electrons. The lowest BCUT2D eigenvalue weighted by Gasteiger charge is -2.26. The summed E-state index contributed by atoms with van der Waals surface area (Å²) in [5.74, 6) is -0.354.